The molecule has 20 nitrogen and oxygen atoms in total. The zero-order valence-electron chi connectivity index (χ0n) is 42.9. The fourth-order valence-corrected chi connectivity index (χ4v) is 10.8. The van der Waals surface area contributed by atoms with Crippen molar-refractivity contribution in [3.05, 3.63) is 55.4 Å². The molecule has 0 radical (unpaired) electrons. The van der Waals surface area contributed by atoms with Gasteiger partial charge in [0, 0.05) is 77.0 Å². The number of methoxy groups -OCH3 is 1. The Hall–Kier alpha value is -5.12. The number of carbonyl (C=O) groups is 4. The Bertz CT molecular complexity index is 2290. The highest BCUT2D eigenvalue weighted by molar-refractivity contribution is 5.85. The lowest BCUT2D eigenvalue weighted by Crippen LogP contribution is -2.62. The number of hydrogen-bond acceptors (Lipinski definition) is 18. The number of aliphatic hydroxyl groups excluding tert-OH is 1. The molecule has 20 heteroatoms. The first kappa shape index (κ1) is 54.2. The van der Waals surface area contributed by atoms with Crippen LogP contribution in [-0.4, -0.2) is 165 Å². The smallest absolute Gasteiger partial charge is 0.425 e. The summed E-state index contributed by atoms with van der Waals surface area (Å²) in [6.45, 7) is 19.3. The molecule has 0 aromatic carbocycles. The van der Waals surface area contributed by atoms with E-state index in [1.807, 2.05) is 49.4 Å². The van der Waals surface area contributed by atoms with E-state index >= 15 is 4.79 Å². The van der Waals surface area contributed by atoms with Gasteiger partial charge in [-0.3, -0.25) is 24.3 Å². The summed E-state index contributed by atoms with van der Waals surface area (Å²) in [4.78, 5) is 79.3. The molecule has 2 N–H and O–H groups in total. The van der Waals surface area contributed by atoms with Crippen LogP contribution in [0.4, 0.5) is 10.6 Å². The van der Waals surface area contributed by atoms with Gasteiger partial charge in [0.1, 0.15) is 36.5 Å². The molecule has 1 amide bonds. The van der Waals surface area contributed by atoms with Crippen LogP contribution >= 0.6 is 0 Å². The number of anilines is 1. The molecule has 3 aromatic rings. The fraction of sp³-hybridized carbons (Fsp3) is 0.680. The van der Waals surface area contributed by atoms with Crippen molar-refractivity contribution in [2.24, 2.45) is 23.7 Å². The molecular formula is C50H75N9O11. The molecule has 3 aliphatic heterocycles. The second-order valence-electron chi connectivity index (χ2n) is 20.0. The molecule has 70 heavy (non-hydrogen) atoms. The first-order valence-corrected chi connectivity index (χ1v) is 24.5. The lowest BCUT2D eigenvalue weighted by molar-refractivity contribution is -0.302. The third-order valence-electron chi connectivity index (χ3n) is 14.6. The fourth-order valence-electron chi connectivity index (χ4n) is 10.8. The summed E-state index contributed by atoms with van der Waals surface area (Å²) in [5.74, 6) is -4.44. The van der Waals surface area contributed by atoms with Crippen LogP contribution in [0.1, 0.15) is 86.6 Å². The number of imidazole rings is 1. The average Bonchev–Trinajstić information content (AvgIpc) is 3.86. The number of aliphatic hydroxyl groups is 1. The number of nitrogens with one attached hydrogen (secondary N) is 1. The summed E-state index contributed by atoms with van der Waals surface area (Å²) in [6.07, 6.45) is 2.59. The van der Waals surface area contributed by atoms with E-state index in [0.717, 1.165) is 0 Å². The number of fused-ring (bicyclic) bond motifs is 2. The monoisotopic (exact) mass is 978 g/mol. The van der Waals surface area contributed by atoms with E-state index in [0.29, 0.717) is 55.0 Å². The van der Waals surface area contributed by atoms with Crippen molar-refractivity contribution >= 4 is 40.8 Å². The Labute approximate surface area is 411 Å². The van der Waals surface area contributed by atoms with Gasteiger partial charge in [-0.15, -0.1) is 6.58 Å². The summed E-state index contributed by atoms with van der Waals surface area (Å²) < 4.78 is 40.6. The number of aromatic nitrogens is 5. The number of aryl methyl sites for hydroxylation is 1. The van der Waals surface area contributed by atoms with E-state index < -0.39 is 89.7 Å². The molecule has 3 aliphatic rings. The highest BCUT2D eigenvalue weighted by Gasteiger charge is 2.61. The van der Waals surface area contributed by atoms with Crippen LogP contribution in [0.3, 0.4) is 0 Å². The van der Waals surface area contributed by atoms with E-state index in [2.05, 4.69) is 31.9 Å². The number of likely N-dealkylation sites (N-methyl/N-ethyl adjacent to an activating group) is 1. The average molecular weight is 978 g/mol. The molecule has 0 unspecified atom stereocenters. The standard InChI is InChI=1S/C50H75N9O11/c1-14-21-57(12)35-23-30(4)66-47(40(35)62)69-43-32(6)41(68-37(60)24-34-18-16-19-51-26-34)33(7)46(63)67-36(15-2)50(9)42(31(5)39(61)29(3)25-49(43,8)65-13)59(48(64)70-50)55-20-17-22-58-28-54-38-44(56(10)11)52-27-53-45(38)58/h14,16,18-19,26-33,35-36,40-43,47,55,62H,1,15,17,20-25H2,2-13H3/t29-,30+,31+,32+,33-,35-,36-,40+,41+,42-,43-,47-,49-,50-/m1/s1. The topological polar surface area (TPSA) is 222 Å². The van der Waals surface area contributed by atoms with Crippen LogP contribution in [0.5, 0.6) is 0 Å². The number of pyridine rings is 1. The molecule has 0 saturated carbocycles. The van der Waals surface area contributed by atoms with Gasteiger partial charge in [0.05, 0.1) is 36.5 Å². The van der Waals surface area contributed by atoms with Crippen molar-refractivity contribution in [1.29, 1.82) is 0 Å². The Kier molecular flexibility index (Phi) is 17.8. The van der Waals surface area contributed by atoms with E-state index in [1.165, 1.54) is 18.4 Å². The predicted octanol–water partition coefficient (Wildman–Crippen LogP) is 4.53. The zero-order chi connectivity index (χ0) is 51.2. The van der Waals surface area contributed by atoms with E-state index in [9.17, 15) is 19.5 Å². The number of Topliss-reactive ketones (excluding diaryl/α,β-unsaturated/α-hetero) is 1. The molecule has 3 fully saturated rings. The SMILES string of the molecule is C=CCN(C)[C@@H]1C[C@H](C)O[C@H](O[C@@H]2[C@@H](C)[C@H](OC(=O)Cc3cccnc3)[C@@H](C)C(=O)O[C@H](CC)[C@@]3(C)OC(=O)N(NCCCn4cnc5c(N(C)C)ncnc54)[C@@H]3[C@@H](C)C(=O)[C@H](C)C[C@@]2(C)OC)[C@H]1O. The summed E-state index contributed by atoms with van der Waals surface area (Å²) in [5.41, 5.74) is 2.33. The van der Waals surface area contributed by atoms with Gasteiger partial charge < -0.3 is 43.0 Å². The maximum atomic E-state index is 15.1. The van der Waals surface area contributed by atoms with E-state index in [4.69, 9.17) is 28.4 Å². The molecular weight excluding hydrogens is 903 g/mol. The third-order valence-corrected chi connectivity index (χ3v) is 14.6. The van der Waals surface area contributed by atoms with Gasteiger partial charge in [-0.2, -0.15) is 0 Å². The van der Waals surface area contributed by atoms with Crippen LogP contribution < -0.4 is 10.3 Å². The highest BCUT2D eigenvalue weighted by atomic mass is 16.7. The zero-order valence-corrected chi connectivity index (χ0v) is 42.9. The summed E-state index contributed by atoms with van der Waals surface area (Å²) >= 11 is 0. The number of ether oxygens (including phenoxy) is 6. The van der Waals surface area contributed by atoms with Crippen molar-refractivity contribution in [2.75, 3.05) is 46.2 Å². The number of cyclic esters (lactones) is 1. The number of esters is 2. The molecule has 0 bridgehead atoms. The lowest BCUT2D eigenvalue weighted by Gasteiger charge is -2.48. The molecule has 386 valence electrons. The van der Waals surface area contributed by atoms with Crippen molar-refractivity contribution < 1.29 is 52.7 Å². The minimum atomic E-state index is -1.53. The second kappa shape index (κ2) is 23.0. The third kappa shape index (κ3) is 11.5. The number of nitrogens with zero attached hydrogens (tertiary/aromatic N) is 8. The molecule has 6 rings (SSSR count). The lowest BCUT2D eigenvalue weighted by atomic mass is 9.73. The van der Waals surface area contributed by atoms with Gasteiger partial charge in [0.25, 0.3) is 0 Å². The normalized spacial score (nSPS) is 33.3. The molecule has 0 spiro atoms. The quantitative estimate of drug-likeness (QED) is 0.0871. The van der Waals surface area contributed by atoms with Crippen LogP contribution in [0.25, 0.3) is 11.2 Å². The summed E-state index contributed by atoms with van der Waals surface area (Å²) in [5, 5.41) is 13.3. The van der Waals surface area contributed by atoms with Crippen molar-refractivity contribution in [1.82, 2.24) is 39.8 Å². The van der Waals surface area contributed by atoms with Gasteiger partial charge in [-0.05, 0) is 72.1 Å². The minimum absolute atomic E-state index is 0.0792. The molecule has 6 heterocycles. The van der Waals surface area contributed by atoms with Gasteiger partial charge in [-0.1, -0.05) is 39.8 Å². The van der Waals surface area contributed by atoms with Crippen molar-refractivity contribution in [3.8, 4) is 0 Å². The largest absolute Gasteiger partial charge is 0.461 e. The van der Waals surface area contributed by atoms with Crippen LogP contribution in [-0.2, 0) is 55.8 Å². The van der Waals surface area contributed by atoms with E-state index in [1.54, 1.807) is 78.5 Å². The number of amides is 1. The molecule has 3 aromatic heterocycles. The Balaban J connectivity index is 1.36. The molecule has 14 atom stereocenters. The Morgan fingerprint density at radius 2 is 1.83 bits per heavy atom. The van der Waals surface area contributed by atoms with Crippen LogP contribution in [0, 0.1) is 23.7 Å². The van der Waals surface area contributed by atoms with Crippen molar-refractivity contribution in [2.45, 2.75) is 154 Å². The van der Waals surface area contributed by atoms with Gasteiger partial charge in [0.2, 0.25) is 0 Å². The minimum Gasteiger partial charge on any atom is -0.461 e. The predicted molar refractivity (Wildman–Crippen MR) is 259 cm³/mol. The molecule has 0 aliphatic carbocycles. The van der Waals surface area contributed by atoms with Crippen LogP contribution in [0.15, 0.2) is 49.8 Å². The first-order chi connectivity index (χ1) is 33.2. The maximum Gasteiger partial charge on any atom is 0.425 e. The highest BCUT2D eigenvalue weighted by Crippen LogP contribution is 2.43. The number of hydrazine groups is 1. The maximum absolute atomic E-state index is 15.1. The number of hydrogen-bond donors (Lipinski definition) is 2. The van der Waals surface area contributed by atoms with E-state index in [-0.39, 0.29) is 37.2 Å². The number of carbonyl (C=O) groups excluding carboxylic acids is 4. The number of ketones is 1. The van der Waals surface area contributed by atoms with Gasteiger partial charge >= 0.3 is 18.0 Å². The van der Waals surface area contributed by atoms with Crippen LogP contribution in [0.2, 0.25) is 0 Å². The second-order valence-corrected chi connectivity index (χ2v) is 20.0. The van der Waals surface area contributed by atoms with Gasteiger partial charge in [0.15, 0.2) is 28.9 Å². The van der Waals surface area contributed by atoms with Crippen molar-refractivity contribution in [3.63, 3.8) is 0 Å². The first-order valence-electron chi connectivity index (χ1n) is 24.5. The Morgan fingerprint density at radius 1 is 1.09 bits per heavy atom. The van der Waals surface area contributed by atoms with Gasteiger partial charge in [-0.25, -0.2) is 30.2 Å². The molecule has 3 saturated heterocycles. The summed E-state index contributed by atoms with van der Waals surface area (Å²) in [7, 11) is 7.17. The summed E-state index contributed by atoms with van der Waals surface area (Å²) in [6, 6.07) is 2.13. The Morgan fingerprint density at radius 3 is 2.49 bits per heavy atom. The number of rotatable bonds is 16.